The van der Waals surface area contributed by atoms with Crippen LogP contribution in [-0.4, -0.2) is 40.5 Å². The van der Waals surface area contributed by atoms with Gasteiger partial charge in [0.1, 0.15) is 5.76 Å². The van der Waals surface area contributed by atoms with E-state index < -0.39 is 6.23 Å². The van der Waals surface area contributed by atoms with Gasteiger partial charge >= 0.3 is 6.03 Å². The molecule has 1 fully saturated rings. The predicted molar refractivity (Wildman–Crippen MR) is 99.9 cm³/mol. The second-order valence-electron chi connectivity index (χ2n) is 6.61. The zero-order chi connectivity index (χ0) is 18.7. The van der Waals surface area contributed by atoms with E-state index in [-0.39, 0.29) is 18.0 Å². The number of aromatic nitrogens is 1. The first kappa shape index (κ1) is 18.2. The summed E-state index contributed by atoms with van der Waals surface area (Å²) in [6.07, 6.45) is 3.12. The third-order valence-electron chi connectivity index (χ3n) is 4.91. The molecular weight excluding hydrogens is 330 g/mol. The number of rotatable bonds is 7. The Bertz CT molecular complexity index is 759. The van der Waals surface area contributed by atoms with Crippen molar-refractivity contribution in [3.63, 3.8) is 0 Å². The Morgan fingerprint density at radius 2 is 2.12 bits per heavy atom. The molecule has 2 amide bonds. The summed E-state index contributed by atoms with van der Waals surface area (Å²) in [6, 6.07) is 11.2. The van der Waals surface area contributed by atoms with Crippen LogP contribution in [0, 0.1) is 0 Å². The minimum atomic E-state index is -0.982. The first-order chi connectivity index (χ1) is 12.6. The summed E-state index contributed by atoms with van der Waals surface area (Å²) in [5, 5.41) is 14.7. The summed E-state index contributed by atoms with van der Waals surface area (Å²) in [5.41, 5.74) is 1.15. The number of amides is 2. The molecule has 2 heterocycles. The van der Waals surface area contributed by atoms with Gasteiger partial charge < -0.3 is 14.5 Å². The van der Waals surface area contributed by atoms with Crippen molar-refractivity contribution in [2.45, 2.75) is 44.4 Å². The molecule has 0 spiro atoms. The topological polar surface area (TPSA) is 69.8 Å². The molecule has 3 atom stereocenters. The number of aliphatic hydroxyl groups excluding tert-OH is 1. The van der Waals surface area contributed by atoms with Gasteiger partial charge in [0.25, 0.3) is 0 Å². The number of carbonyl (C=O) groups is 1. The summed E-state index contributed by atoms with van der Waals surface area (Å²) in [6.45, 7) is 5.82. The van der Waals surface area contributed by atoms with Crippen LogP contribution in [0.5, 0.6) is 0 Å². The Kier molecular flexibility index (Phi) is 5.42. The summed E-state index contributed by atoms with van der Waals surface area (Å²) in [7, 11) is 1.67. The maximum atomic E-state index is 12.6. The van der Waals surface area contributed by atoms with Gasteiger partial charge in [-0.25, -0.2) is 9.69 Å². The predicted octanol–water partition coefficient (Wildman–Crippen LogP) is 3.74. The van der Waals surface area contributed by atoms with Crippen LogP contribution >= 0.6 is 0 Å². The molecule has 1 aliphatic heterocycles. The molecule has 0 radical (unpaired) electrons. The molecular formula is C20H25N3O3. The van der Waals surface area contributed by atoms with E-state index in [1.54, 1.807) is 19.2 Å². The van der Waals surface area contributed by atoms with Crippen molar-refractivity contribution >= 4 is 11.8 Å². The van der Waals surface area contributed by atoms with Crippen LogP contribution in [0.15, 0.2) is 53.6 Å². The van der Waals surface area contributed by atoms with Crippen molar-refractivity contribution in [3.8, 4) is 0 Å². The fourth-order valence-corrected chi connectivity index (χ4v) is 3.49. The van der Waals surface area contributed by atoms with Crippen LogP contribution in [0.25, 0.3) is 0 Å². The molecule has 26 heavy (non-hydrogen) atoms. The van der Waals surface area contributed by atoms with Crippen LogP contribution in [0.4, 0.5) is 10.6 Å². The highest BCUT2D eigenvalue weighted by atomic mass is 16.5. The number of anilines is 1. The average molecular weight is 355 g/mol. The minimum absolute atomic E-state index is 0.0685. The van der Waals surface area contributed by atoms with Crippen LogP contribution in [-0.2, 0) is 0 Å². The largest absolute Gasteiger partial charge is 0.371 e. The highest BCUT2D eigenvalue weighted by Gasteiger charge is 2.44. The quantitative estimate of drug-likeness (QED) is 0.768. The normalized spacial score (nSPS) is 21.3. The monoisotopic (exact) mass is 355 g/mol. The molecule has 1 aliphatic rings. The maximum Gasteiger partial charge on any atom is 0.328 e. The molecule has 1 aromatic carbocycles. The van der Waals surface area contributed by atoms with Gasteiger partial charge in [0.05, 0.1) is 6.04 Å². The second-order valence-corrected chi connectivity index (χ2v) is 6.61. The lowest BCUT2D eigenvalue weighted by atomic mass is 9.92. The fraction of sp³-hybridized carbons (Fsp3) is 0.400. The fourth-order valence-electron chi connectivity index (χ4n) is 3.49. The van der Waals surface area contributed by atoms with Crippen LogP contribution in [0.3, 0.4) is 0 Å². The SMILES string of the molecule is C=CCC1C(O)N(c2cc(C(CCC)c3ccccc3)on2)C(=O)N1C. The van der Waals surface area contributed by atoms with E-state index in [1.165, 1.54) is 9.80 Å². The van der Waals surface area contributed by atoms with Gasteiger partial charge in [0, 0.05) is 19.0 Å². The maximum absolute atomic E-state index is 12.6. The van der Waals surface area contributed by atoms with Gasteiger partial charge in [0.15, 0.2) is 12.0 Å². The zero-order valence-corrected chi connectivity index (χ0v) is 15.2. The number of nitrogens with zero attached hydrogens (tertiary/aromatic N) is 3. The van der Waals surface area contributed by atoms with E-state index in [2.05, 4.69) is 30.8 Å². The van der Waals surface area contributed by atoms with E-state index in [0.29, 0.717) is 18.0 Å². The summed E-state index contributed by atoms with van der Waals surface area (Å²) >= 11 is 0. The minimum Gasteiger partial charge on any atom is -0.371 e. The average Bonchev–Trinajstić information content (AvgIpc) is 3.20. The summed E-state index contributed by atoms with van der Waals surface area (Å²) < 4.78 is 5.58. The van der Waals surface area contributed by atoms with Gasteiger partial charge in [-0.3, -0.25) is 0 Å². The molecule has 3 rings (SSSR count). The Labute approximate surface area is 153 Å². The second kappa shape index (κ2) is 7.74. The first-order valence-corrected chi connectivity index (χ1v) is 8.95. The summed E-state index contributed by atoms with van der Waals surface area (Å²) in [4.78, 5) is 15.4. The molecule has 138 valence electrons. The van der Waals surface area contributed by atoms with Crippen molar-refractivity contribution in [1.82, 2.24) is 10.1 Å². The highest BCUT2D eigenvalue weighted by molar-refractivity contribution is 5.94. The molecule has 1 aromatic heterocycles. The van der Waals surface area contributed by atoms with Crippen LogP contribution in [0.2, 0.25) is 0 Å². The number of benzene rings is 1. The van der Waals surface area contributed by atoms with Crippen molar-refractivity contribution in [2.24, 2.45) is 0 Å². The lowest BCUT2D eigenvalue weighted by Gasteiger charge is -2.19. The summed E-state index contributed by atoms with van der Waals surface area (Å²) in [5.74, 6) is 1.11. The number of carbonyl (C=O) groups excluding carboxylic acids is 1. The number of aliphatic hydroxyl groups is 1. The third kappa shape index (κ3) is 3.24. The van der Waals surface area contributed by atoms with Gasteiger partial charge in [-0.2, -0.15) is 0 Å². The van der Waals surface area contributed by atoms with Gasteiger partial charge in [-0.05, 0) is 18.4 Å². The molecule has 6 heteroatoms. The molecule has 0 bridgehead atoms. The molecule has 3 unspecified atom stereocenters. The highest BCUT2D eigenvalue weighted by Crippen LogP contribution is 2.34. The van der Waals surface area contributed by atoms with E-state index in [0.717, 1.165) is 18.4 Å². The Hall–Kier alpha value is -2.60. The third-order valence-corrected chi connectivity index (χ3v) is 4.91. The van der Waals surface area contributed by atoms with Gasteiger partial charge in [-0.15, -0.1) is 6.58 Å². The molecule has 1 N–H and O–H groups in total. The standard InChI is InChI=1S/C20H25N3O3/c1-4-9-15(14-11-7-6-8-12-14)17-13-18(21-26-17)23-19(24)16(10-5-2)22(3)20(23)25/h5-8,11-13,15-16,19,24H,2,4,9-10H2,1,3H3. The van der Waals surface area contributed by atoms with Crippen molar-refractivity contribution in [2.75, 3.05) is 11.9 Å². The zero-order valence-electron chi connectivity index (χ0n) is 15.2. The molecule has 0 aliphatic carbocycles. The van der Waals surface area contributed by atoms with Crippen LogP contribution in [0.1, 0.15) is 43.4 Å². The Morgan fingerprint density at radius 3 is 2.77 bits per heavy atom. The van der Waals surface area contributed by atoms with E-state index >= 15 is 0 Å². The molecule has 2 aromatic rings. The number of likely N-dealkylation sites (N-methyl/N-ethyl adjacent to an activating group) is 1. The van der Waals surface area contributed by atoms with Gasteiger partial charge in [-0.1, -0.05) is 54.9 Å². The lowest BCUT2D eigenvalue weighted by Crippen LogP contribution is -2.36. The lowest BCUT2D eigenvalue weighted by molar-refractivity contribution is 0.129. The van der Waals surface area contributed by atoms with Crippen LogP contribution < -0.4 is 4.90 Å². The van der Waals surface area contributed by atoms with Crippen molar-refractivity contribution < 1.29 is 14.4 Å². The van der Waals surface area contributed by atoms with Crippen molar-refractivity contribution in [1.29, 1.82) is 0 Å². The number of urea groups is 1. The molecule has 6 nitrogen and oxygen atoms in total. The smallest absolute Gasteiger partial charge is 0.328 e. The Morgan fingerprint density at radius 1 is 1.38 bits per heavy atom. The molecule has 0 saturated carbocycles. The molecule has 1 saturated heterocycles. The first-order valence-electron chi connectivity index (χ1n) is 8.95. The van der Waals surface area contributed by atoms with E-state index in [4.69, 9.17) is 4.52 Å². The van der Waals surface area contributed by atoms with Crippen molar-refractivity contribution in [3.05, 3.63) is 60.4 Å². The van der Waals surface area contributed by atoms with E-state index in [1.807, 2.05) is 18.2 Å². The van der Waals surface area contributed by atoms with Gasteiger partial charge in [0.2, 0.25) is 0 Å². The van der Waals surface area contributed by atoms with E-state index in [9.17, 15) is 9.90 Å². The number of hydrogen-bond acceptors (Lipinski definition) is 4. The number of hydrogen-bond donors (Lipinski definition) is 1. The Balaban J connectivity index is 1.89.